The van der Waals surface area contributed by atoms with E-state index in [-0.39, 0.29) is 18.1 Å². The fraction of sp³-hybridized carbons (Fsp3) is 0.867. The van der Waals surface area contributed by atoms with E-state index in [0.717, 1.165) is 25.7 Å². The maximum absolute atomic E-state index is 12.0. The van der Waals surface area contributed by atoms with Crippen molar-refractivity contribution in [3.8, 4) is 0 Å². The van der Waals surface area contributed by atoms with Crippen LogP contribution in [0.25, 0.3) is 0 Å². The van der Waals surface area contributed by atoms with Crippen molar-refractivity contribution in [1.82, 2.24) is 0 Å². The van der Waals surface area contributed by atoms with Gasteiger partial charge in [-0.05, 0) is 25.7 Å². The number of carbonyl (C=O) groups is 2. The molecule has 0 spiro atoms. The van der Waals surface area contributed by atoms with Crippen molar-refractivity contribution < 1.29 is 14.7 Å². The third kappa shape index (κ3) is 6.77. The summed E-state index contributed by atoms with van der Waals surface area (Å²) in [5.41, 5.74) is 0. The van der Waals surface area contributed by atoms with Crippen molar-refractivity contribution in [2.45, 2.75) is 77.0 Å². The van der Waals surface area contributed by atoms with Gasteiger partial charge in [0.05, 0.1) is 0 Å². The van der Waals surface area contributed by atoms with Crippen molar-refractivity contribution in [2.75, 3.05) is 0 Å². The van der Waals surface area contributed by atoms with E-state index in [0.29, 0.717) is 12.8 Å². The summed E-state index contributed by atoms with van der Waals surface area (Å²) < 4.78 is 0. The predicted molar refractivity (Wildman–Crippen MR) is 68.9 cm³/mol. The fourth-order valence-electron chi connectivity index (χ4n) is 2.71. The molecule has 0 aromatic rings. The van der Waals surface area contributed by atoms with Gasteiger partial charge in [0.25, 0.3) is 0 Å². The second-order valence-electron chi connectivity index (χ2n) is 5.44. The van der Waals surface area contributed by atoms with Gasteiger partial charge in [0, 0.05) is 18.3 Å². The van der Waals surface area contributed by atoms with E-state index in [4.69, 9.17) is 0 Å². The van der Waals surface area contributed by atoms with Crippen molar-refractivity contribution >= 4 is 11.8 Å². The highest BCUT2D eigenvalue weighted by Gasteiger charge is 2.17. The number of hydrogen-bond donors (Lipinski definition) is 0. The van der Waals surface area contributed by atoms with Crippen LogP contribution in [0.1, 0.15) is 77.0 Å². The van der Waals surface area contributed by atoms with Gasteiger partial charge in [0.2, 0.25) is 0 Å². The first-order valence-electron chi connectivity index (χ1n) is 7.42. The Labute approximate surface area is 110 Å². The molecule has 0 aromatic carbocycles. The lowest BCUT2D eigenvalue weighted by Crippen LogP contribution is -2.24. The van der Waals surface area contributed by atoms with Gasteiger partial charge in [-0.1, -0.05) is 44.9 Å². The highest BCUT2D eigenvalue weighted by atomic mass is 16.4. The molecular weight excluding hydrogens is 228 g/mol. The maximum Gasteiger partial charge on any atom is 0.135 e. The average molecular weight is 253 g/mol. The summed E-state index contributed by atoms with van der Waals surface area (Å²) in [6.45, 7) is 0. The molecule has 0 amide bonds. The highest BCUT2D eigenvalue weighted by molar-refractivity contribution is 5.81. The number of Topliss-reactive ketones (excluding diaryl/α,β-unsaturated/α-hetero) is 1. The molecular formula is C15H25O3-. The Kier molecular flexibility index (Phi) is 7.70. The van der Waals surface area contributed by atoms with Crippen molar-refractivity contribution in [1.29, 1.82) is 0 Å². The SMILES string of the molecule is O=C([O-])CC[C@@H]1CCCCCCCCCCC1=O. The molecule has 1 aliphatic carbocycles. The Balaban J connectivity index is 2.41. The van der Waals surface area contributed by atoms with Crippen LogP contribution < -0.4 is 5.11 Å². The number of carboxylic acid groups (broad SMARTS) is 1. The summed E-state index contributed by atoms with van der Waals surface area (Å²) >= 11 is 0. The summed E-state index contributed by atoms with van der Waals surface area (Å²) in [6, 6.07) is 0. The third-order valence-corrected chi connectivity index (χ3v) is 3.88. The molecule has 3 heteroatoms. The predicted octanol–water partition coefficient (Wildman–Crippen LogP) is 2.62. The summed E-state index contributed by atoms with van der Waals surface area (Å²) in [7, 11) is 0. The molecule has 18 heavy (non-hydrogen) atoms. The molecule has 0 saturated heterocycles. The molecule has 1 aliphatic rings. The molecule has 0 aliphatic heterocycles. The second kappa shape index (κ2) is 9.12. The lowest BCUT2D eigenvalue weighted by Gasteiger charge is -2.17. The molecule has 0 N–H and O–H groups in total. The summed E-state index contributed by atoms with van der Waals surface area (Å²) in [5.74, 6) is -0.798. The number of carboxylic acids is 1. The molecule has 1 fully saturated rings. The minimum atomic E-state index is -1.03. The standard InChI is InChI=1S/C15H26O3/c16-14-10-8-6-4-2-1-3-5-7-9-13(14)11-12-15(17)18/h13H,1-12H2,(H,17,18)/p-1/t13-/m0/s1. The van der Waals surface area contributed by atoms with E-state index < -0.39 is 5.97 Å². The Morgan fingerprint density at radius 2 is 1.56 bits per heavy atom. The summed E-state index contributed by atoms with van der Waals surface area (Å²) in [6.07, 6.45) is 11.4. The van der Waals surface area contributed by atoms with Gasteiger partial charge < -0.3 is 9.90 Å². The first kappa shape index (κ1) is 15.2. The maximum atomic E-state index is 12.0. The molecule has 1 rings (SSSR count). The van der Waals surface area contributed by atoms with Crippen LogP contribution in [0.15, 0.2) is 0 Å². The minimum Gasteiger partial charge on any atom is -0.550 e. The molecule has 104 valence electrons. The molecule has 0 radical (unpaired) electrons. The van der Waals surface area contributed by atoms with Crippen LogP contribution in [0.3, 0.4) is 0 Å². The largest absolute Gasteiger partial charge is 0.550 e. The number of rotatable bonds is 3. The van der Waals surface area contributed by atoms with Gasteiger partial charge in [0.15, 0.2) is 0 Å². The van der Waals surface area contributed by atoms with E-state index in [1.165, 1.54) is 32.1 Å². The molecule has 0 heterocycles. The number of carbonyl (C=O) groups excluding carboxylic acids is 2. The van der Waals surface area contributed by atoms with Gasteiger partial charge in [0.1, 0.15) is 5.78 Å². The summed E-state index contributed by atoms with van der Waals surface area (Å²) in [5, 5.41) is 10.5. The van der Waals surface area contributed by atoms with Gasteiger partial charge in [-0.3, -0.25) is 4.79 Å². The van der Waals surface area contributed by atoms with Gasteiger partial charge >= 0.3 is 0 Å². The Hall–Kier alpha value is -0.860. The van der Waals surface area contributed by atoms with Crippen LogP contribution in [0.4, 0.5) is 0 Å². The smallest absolute Gasteiger partial charge is 0.135 e. The Morgan fingerprint density at radius 3 is 2.17 bits per heavy atom. The van der Waals surface area contributed by atoms with Crippen LogP contribution in [0.2, 0.25) is 0 Å². The van der Waals surface area contributed by atoms with E-state index in [1.807, 2.05) is 0 Å². The van der Waals surface area contributed by atoms with E-state index in [1.54, 1.807) is 0 Å². The molecule has 1 atom stereocenters. The third-order valence-electron chi connectivity index (χ3n) is 3.88. The molecule has 0 aromatic heterocycles. The lowest BCUT2D eigenvalue weighted by molar-refractivity contribution is -0.305. The zero-order valence-electron chi connectivity index (χ0n) is 11.3. The average Bonchev–Trinajstić information content (AvgIpc) is 2.32. The van der Waals surface area contributed by atoms with E-state index >= 15 is 0 Å². The van der Waals surface area contributed by atoms with Crippen molar-refractivity contribution in [3.63, 3.8) is 0 Å². The van der Waals surface area contributed by atoms with E-state index in [2.05, 4.69) is 0 Å². The topological polar surface area (TPSA) is 57.2 Å². The highest BCUT2D eigenvalue weighted by Crippen LogP contribution is 2.22. The number of aliphatic carboxylic acids is 1. The van der Waals surface area contributed by atoms with Crippen LogP contribution in [0, 0.1) is 5.92 Å². The monoisotopic (exact) mass is 253 g/mol. The fourth-order valence-corrected chi connectivity index (χ4v) is 2.71. The van der Waals surface area contributed by atoms with E-state index in [9.17, 15) is 14.7 Å². The Bertz CT molecular complexity index is 260. The zero-order valence-corrected chi connectivity index (χ0v) is 11.3. The number of hydrogen-bond acceptors (Lipinski definition) is 3. The summed E-state index contributed by atoms with van der Waals surface area (Å²) in [4.78, 5) is 22.5. The zero-order chi connectivity index (χ0) is 13.2. The van der Waals surface area contributed by atoms with Gasteiger partial charge in [-0.15, -0.1) is 0 Å². The lowest BCUT2D eigenvalue weighted by atomic mass is 9.88. The van der Waals surface area contributed by atoms with Crippen LogP contribution in [0.5, 0.6) is 0 Å². The quantitative estimate of drug-likeness (QED) is 0.777. The molecule has 1 saturated carbocycles. The van der Waals surface area contributed by atoms with Gasteiger partial charge in [-0.25, -0.2) is 0 Å². The second-order valence-corrected chi connectivity index (χ2v) is 5.44. The normalized spacial score (nSPS) is 24.0. The van der Waals surface area contributed by atoms with Gasteiger partial charge in [-0.2, -0.15) is 0 Å². The van der Waals surface area contributed by atoms with Crippen molar-refractivity contribution in [3.05, 3.63) is 0 Å². The van der Waals surface area contributed by atoms with Crippen molar-refractivity contribution in [2.24, 2.45) is 5.92 Å². The van der Waals surface area contributed by atoms with Crippen LogP contribution in [-0.4, -0.2) is 11.8 Å². The van der Waals surface area contributed by atoms with Crippen LogP contribution >= 0.6 is 0 Å². The molecule has 3 nitrogen and oxygen atoms in total. The molecule has 0 unspecified atom stereocenters. The first-order valence-corrected chi connectivity index (χ1v) is 7.42. The minimum absolute atomic E-state index is 0.0242. The first-order chi connectivity index (χ1) is 8.70. The molecule has 0 bridgehead atoms. The Morgan fingerprint density at radius 1 is 1.00 bits per heavy atom. The van der Waals surface area contributed by atoms with Crippen LogP contribution in [-0.2, 0) is 9.59 Å². The number of ketones is 1.